The molecule has 3 aliphatic rings. The average Bonchev–Trinajstić information content (AvgIpc) is 3.70. The molecule has 0 heterocycles. The monoisotopic (exact) mass is 823 g/mol. The summed E-state index contributed by atoms with van der Waals surface area (Å²) in [5.74, 6) is 0.228. The van der Waals surface area contributed by atoms with Crippen LogP contribution in [-0.2, 0) is 21.0 Å². The van der Waals surface area contributed by atoms with Crippen LogP contribution in [-0.4, -0.2) is 5.92 Å². The number of allylic oxidation sites excluding steroid dienone is 2. The van der Waals surface area contributed by atoms with Crippen LogP contribution in [0, 0.1) is 11.8 Å². The number of hydrogen-bond acceptors (Lipinski definition) is 0. The van der Waals surface area contributed by atoms with Crippen LogP contribution in [0.3, 0.4) is 0 Å². The Morgan fingerprint density at radius 1 is 0.731 bits per heavy atom. The van der Waals surface area contributed by atoms with Crippen molar-refractivity contribution in [1.29, 1.82) is 0 Å². The molecule has 3 atom stereocenters. The van der Waals surface area contributed by atoms with Gasteiger partial charge in [0, 0.05) is 0 Å². The van der Waals surface area contributed by atoms with Gasteiger partial charge in [-0.3, -0.25) is 0 Å². The van der Waals surface area contributed by atoms with E-state index in [1.807, 2.05) is 0 Å². The van der Waals surface area contributed by atoms with Crippen LogP contribution < -0.4 is 0 Å². The van der Waals surface area contributed by atoms with Gasteiger partial charge in [-0.05, 0) is 0 Å². The van der Waals surface area contributed by atoms with Crippen LogP contribution in [0.4, 0.5) is 0 Å². The Hall–Kier alpha value is -1.96. The molecule has 0 spiro atoms. The zero-order valence-corrected chi connectivity index (χ0v) is 38.1. The van der Waals surface area contributed by atoms with Crippen molar-refractivity contribution in [2.75, 3.05) is 0 Å². The maximum absolute atomic E-state index is 8.83. The Kier molecular flexibility index (Phi) is 10.5. The van der Waals surface area contributed by atoms with Gasteiger partial charge in [0.15, 0.2) is 0 Å². The van der Waals surface area contributed by atoms with Crippen molar-refractivity contribution in [2.24, 2.45) is 11.8 Å². The molecule has 3 aliphatic carbocycles. The quantitative estimate of drug-likeness (QED) is 0.155. The normalized spacial score (nSPS) is 23.0. The fourth-order valence-corrected chi connectivity index (χ4v) is 41.9. The second kappa shape index (κ2) is 14.3. The number of rotatable bonds is 8. The van der Waals surface area contributed by atoms with Crippen molar-refractivity contribution in [3.63, 3.8) is 0 Å². The van der Waals surface area contributed by atoms with Gasteiger partial charge in [-0.15, -0.1) is 0 Å². The summed E-state index contributed by atoms with van der Waals surface area (Å²) in [5, 5.41) is 0. The summed E-state index contributed by atoms with van der Waals surface area (Å²) in [6, 6.07) is 32.6. The fraction of sp³-hybridized carbons (Fsp3) is 0.417. The summed E-state index contributed by atoms with van der Waals surface area (Å²) in [4.78, 5) is 0. The van der Waals surface area contributed by atoms with E-state index in [9.17, 15) is 0 Å². The molecule has 0 N–H and O–H groups in total. The van der Waals surface area contributed by atoms with Gasteiger partial charge in [0.1, 0.15) is 0 Å². The molecule has 0 nitrogen and oxygen atoms in total. The summed E-state index contributed by atoms with van der Waals surface area (Å²) in [5.41, 5.74) is 16.5. The summed E-state index contributed by atoms with van der Waals surface area (Å²) in [6.45, 7) is 21.2. The second-order valence-corrected chi connectivity index (χ2v) is 60.6. The molecule has 0 saturated heterocycles. The van der Waals surface area contributed by atoms with Crippen LogP contribution >= 0.6 is 17.0 Å². The van der Waals surface area contributed by atoms with Crippen LogP contribution in [0.15, 0.2) is 96.1 Å². The molecule has 7 rings (SSSR count). The minimum atomic E-state index is -4.88. The Labute approximate surface area is 323 Å². The number of fused-ring (bicyclic) bond motifs is 2. The zero-order valence-electron chi connectivity index (χ0n) is 33.0. The molecule has 4 aromatic rings. The van der Waals surface area contributed by atoms with Gasteiger partial charge in [-0.1, -0.05) is 0 Å². The van der Waals surface area contributed by atoms with Crippen LogP contribution in [0.5, 0.6) is 0 Å². The molecule has 0 aliphatic heterocycles. The third-order valence-electron chi connectivity index (χ3n) is 13.5. The first-order valence-electron chi connectivity index (χ1n) is 20.1. The van der Waals surface area contributed by atoms with E-state index in [2.05, 4.69) is 159 Å². The van der Waals surface area contributed by atoms with Gasteiger partial charge in [0.05, 0.1) is 0 Å². The Morgan fingerprint density at radius 3 is 1.77 bits per heavy atom. The molecule has 0 bridgehead atoms. The van der Waals surface area contributed by atoms with E-state index in [-0.39, 0.29) is 12.7 Å². The standard InChI is InChI=1S/C26H31.C20H21.C2H7Si.2ClH.Zr/c1-18-8-10-19(11-9-18)22-16-21-6-5-7-24(25(21)17-22)20-12-14-23(15-13-20)26(2,3)4;1-4-15(3)16-8-10-17(11-9-16)19-7-5-6-18-12-14(2)13-20(18)19;1-3-2;;;/h5-7,12-19H,8-11H2,1-4H3;5-13,15H,4H2,1-3H3;3H,1-2H3;2*1H;/q;;;;;+2/p-2. The van der Waals surface area contributed by atoms with Crippen molar-refractivity contribution >= 4 is 35.1 Å². The predicted octanol–water partition coefficient (Wildman–Crippen LogP) is 15.2. The second-order valence-electron chi connectivity index (χ2n) is 18.1. The summed E-state index contributed by atoms with van der Waals surface area (Å²) in [7, 11) is 17.7. The first kappa shape index (κ1) is 38.3. The van der Waals surface area contributed by atoms with Crippen LogP contribution in [0.25, 0.3) is 34.4 Å². The molecule has 1 saturated carbocycles. The molecule has 0 radical (unpaired) electrons. The Morgan fingerprint density at radius 2 is 1.25 bits per heavy atom. The van der Waals surface area contributed by atoms with Crippen molar-refractivity contribution in [3.8, 4) is 22.3 Å². The van der Waals surface area contributed by atoms with Crippen molar-refractivity contribution in [2.45, 2.75) is 112 Å². The van der Waals surface area contributed by atoms with Crippen molar-refractivity contribution in [1.82, 2.24) is 0 Å². The van der Waals surface area contributed by atoms with Crippen LogP contribution in [0.2, 0.25) is 13.1 Å². The number of benzene rings is 4. The Balaban J connectivity index is 1.39. The molecule has 0 amide bonds. The molecule has 1 fully saturated rings. The van der Waals surface area contributed by atoms with E-state index in [1.54, 1.807) is 5.57 Å². The first-order chi connectivity index (χ1) is 24.6. The molecular weight excluding hydrogens is 767 g/mol. The Bertz CT molecular complexity index is 2020. The number of hydrogen-bond donors (Lipinski definition) is 0. The van der Waals surface area contributed by atoms with E-state index >= 15 is 0 Å². The van der Waals surface area contributed by atoms with Gasteiger partial charge in [0.25, 0.3) is 0 Å². The molecule has 3 unspecified atom stereocenters. The maximum atomic E-state index is 8.83. The van der Waals surface area contributed by atoms with E-state index in [0.29, 0.717) is 11.8 Å². The summed E-state index contributed by atoms with van der Waals surface area (Å²) in [6.07, 6.45) is 11.2. The van der Waals surface area contributed by atoms with Gasteiger partial charge in [-0.25, -0.2) is 0 Å². The van der Waals surface area contributed by atoms with Crippen molar-refractivity contribution < 1.29 is 15.6 Å². The molecule has 4 aromatic carbocycles. The fourth-order valence-electron chi connectivity index (χ4n) is 9.99. The molecule has 0 aromatic heterocycles. The van der Waals surface area contributed by atoms with E-state index in [0.717, 1.165) is 12.3 Å². The molecular formula is C48H59Cl2SiZr. The first-order valence-corrected chi connectivity index (χ1v) is 36.4. The topological polar surface area (TPSA) is 0 Å². The van der Waals surface area contributed by atoms with E-state index in [1.165, 1.54) is 86.9 Å². The van der Waals surface area contributed by atoms with Gasteiger partial charge in [0.2, 0.25) is 0 Å². The number of halogens is 2. The molecule has 4 heteroatoms. The van der Waals surface area contributed by atoms with E-state index < -0.39 is 21.5 Å². The minimum absolute atomic E-state index is 0.0994. The van der Waals surface area contributed by atoms with Crippen LogP contribution in [0.1, 0.15) is 127 Å². The van der Waals surface area contributed by atoms with Gasteiger partial charge < -0.3 is 0 Å². The third-order valence-corrected chi connectivity index (χ3v) is 65.5. The zero-order chi connectivity index (χ0) is 37.2. The third kappa shape index (κ3) is 6.48. The average molecular weight is 826 g/mol. The van der Waals surface area contributed by atoms with Crippen molar-refractivity contribution in [3.05, 3.63) is 129 Å². The van der Waals surface area contributed by atoms with E-state index in [4.69, 9.17) is 17.0 Å². The van der Waals surface area contributed by atoms with Gasteiger partial charge in [-0.2, -0.15) is 0 Å². The predicted molar refractivity (Wildman–Crippen MR) is 230 cm³/mol. The van der Waals surface area contributed by atoms with Gasteiger partial charge >= 0.3 is 326 Å². The molecule has 273 valence electrons. The summed E-state index contributed by atoms with van der Waals surface area (Å²) >= 11 is -4.88. The summed E-state index contributed by atoms with van der Waals surface area (Å²) < 4.78 is 0.221. The SMILES string of the molecule is CCC(C)c1ccc(-c2cccc3c2C=C(C)[CH]3[Zr]([Cl])([Cl])([CH]2C(C3CCC(C)CC3)=Cc3c(-c4ccc(C(C)(C)C)cc4)cccc32)[SiH](C)C)cc1. The molecule has 52 heavy (non-hydrogen) atoms.